The van der Waals surface area contributed by atoms with Gasteiger partial charge in [0, 0.05) is 67.1 Å². The molecule has 12 aromatic rings. The number of rotatable bonds is 6. The molecule has 6 nitrogen and oxygen atoms in total. The van der Waals surface area contributed by atoms with Gasteiger partial charge < -0.3 is 13.7 Å². The second-order valence-corrected chi connectivity index (χ2v) is 14.8. The summed E-state index contributed by atoms with van der Waals surface area (Å²) in [5.74, 6) is 1.80. The second-order valence-electron chi connectivity index (χ2n) is 14.8. The average Bonchev–Trinajstić information content (AvgIpc) is 3.87. The molecule has 0 atom stereocenters. The smallest absolute Gasteiger partial charge is 0.164 e. The van der Waals surface area contributed by atoms with Crippen LogP contribution in [0, 0.1) is 0 Å². The first-order valence-corrected chi connectivity index (χ1v) is 19.7. The van der Waals surface area contributed by atoms with E-state index < -0.39 is 0 Å². The summed E-state index contributed by atoms with van der Waals surface area (Å²) in [7, 11) is 0. The van der Waals surface area contributed by atoms with Crippen LogP contribution < -0.4 is 4.90 Å². The Labute approximate surface area is 338 Å². The van der Waals surface area contributed by atoms with Crippen LogP contribution in [0.3, 0.4) is 0 Å². The summed E-state index contributed by atoms with van der Waals surface area (Å²) >= 11 is 0. The van der Waals surface area contributed by atoms with E-state index in [1.165, 1.54) is 0 Å². The fourth-order valence-corrected chi connectivity index (χ4v) is 8.58. The molecule has 0 N–H and O–H groups in total. The summed E-state index contributed by atoms with van der Waals surface area (Å²) in [6.07, 6.45) is 0. The third-order valence-electron chi connectivity index (χ3n) is 11.3. The van der Waals surface area contributed by atoms with Crippen molar-refractivity contribution < 1.29 is 8.83 Å². The summed E-state index contributed by atoms with van der Waals surface area (Å²) in [6, 6.07) is 66.8. The molecule has 0 aliphatic rings. The molecule has 0 saturated heterocycles. The Morgan fingerprint density at radius 3 is 1.68 bits per heavy atom. The Hall–Kier alpha value is -8.09. The minimum absolute atomic E-state index is 0.579. The molecule has 0 amide bonds. The summed E-state index contributed by atoms with van der Waals surface area (Å²) in [5, 5.41) is 8.61. The van der Waals surface area contributed by atoms with Gasteiger partial charge in [-0.1, -0.05) is 140 Å². The first-order valence-electron chi connectivity index (χ1n) is 19.7. The normalized spacial score (nSPS) is 11.7. The molecule has 12 rings (SSSR count). The fourth-order valence-electron chi connectivity index (χ4n) is 8.58. The molecule has 0 unspecified atom stereocenters. The first-order chi connectivity index (χ1) is 29.2. The summed E-state index contributed by atoms with van der Waals surface area (Å²) < 4.78 is 13.1. The van der Waals surface area contributed by atoms with Gasteiger partial charge in [-0.3, -0.25) is 0 Å². The van der Waals surface area contributed by atoms with E-state index >= 15 is 0 Å². The zero-order valence-corrected chi connectivity index (χ0v) is 31.6. The van der Waals surface area contributed by atoms with Gasteiger partial charge in [0.2, 0.25) is 0 Å². The SMILES string of the molecule is c1ccc(-c2nc(-c3cccc4ccccc34)nc(-c3cccc4oc5cc(N(c6ccc7c(c6)oc6ccccc67)c6cccc7ccccc67)ccc5c34)n2)cc1. The Bertz CT molecular complexity index is 3580. The third kappa shape index (κ3) is 5.46. The van der Waals surface area contributed by atoms with E-state index in [1.807, 2.05) is 54.6 Å². The number of hydrogen-bond acceptors (Lipinski definition) is 6. The van der Waals surface area contributed by atoms with Crippen LogP contribution in [0.15, 0.2) is 203 Å². The van der Waals surface area contributed by atoms with Crippen molar-refractivity contribution >= 4 is 82.5 Å². The van der Waals surface area contributed by atoms with Crippen LogP contribution in [-0.2, 0) is 0 Å². The Morgan fingerprint density at radius 2 is 0.864 bits per heavy atom. The number of benzene rings is 9. The van der Waals surface area contributed by atoms with Crippen molar-refractivity contribution in [2.75, 3.05) is 4.90 Å². The lowest BCUT2D eigenvalue weighted by Gasteiger charge is -2.26. The lowest BCUT2D eigenvalue weighted by Crippen LogP contribution is -2.10. The van der Waals surface area contributed by atoms with E-state index in [-0.39, 0.29) is 0 Å². The van der Waals surface area contributed by atoms with Crippen molar-refractivity contribution in [2.24, 2.45) is 0 Å². The molecule has 276 valence electrons. The highest BCUT2D eigenvalue weighted by Gasteiger charge is 2.22. The molecule has 9 aromatic carbocycles. The van der Waals surface area contributed by atoms with Gasteiger partial charge in [-0.15, -0.1) is 0 Å². The van der Waals surface area contributed by atoms with Crippen molar-refractivity contribution in [2.45, 2.75) is 0 Å². The van der Waals surface area contributed by atoms with E-state index in [4.69, 9.17) is 23.8 Å². The number of nitrogens with zero attached hydrogens (tertiary/aromatic N) is 4. The van der Waals surface area contributed by atoms with Gasteiger partial charge in [-0.25, -0.2) is 15.0 Å². The van der Waals surface area contributed by atoms with Crippen LogP contribution in [0.5, 0.6) is 0 Å². The van der Waals surface area contributed by atoms with Crippen LogP contribution in [0.2, 0.25) is 0 Å². The van der Waals surface area contributed by atoms with E-state index in [0.717, 1.165) is 99.2 Å². The van der Waals surface area contributed by atoms with Crippen molar-refractivity contribution in [3.05, 3.63) is 194 Å². The highest BCUT2D eigenvalue weighted by molar-refractivity contribution is 6.13. The highest BCUT2D eigenvalue weighted by atomic mass is 16.3. The maximum absolute atomic E-state index is 6.75. The van der Waals surface area contributed by atoms with Crippen LogP contribution in [0.4, 0.5) is 17.1 Å². The molecule has 0 radical (unpaired) electrons. The summed E-state index contributed by atoms with van der Waals surface area (Å²) in [6.45, 7) is 0. The zero-order valence-electron chi connectivity index (χ0n) is 31.6. The van der Waals surface area contributed by atoms with Gasteiger partial charge in [0.25, 0.3) is 0 Å². The Kier molecular flexibility index (Phi) is 7.43. The molecule has 3 heterocycles. The summed E-state index contributed by atoms with van der Waals surface area (Å²) in [4.78, 5) is 17.7. The van der Waals surface area contributed by atoms with Crippen molar-refractivity contribution in [3.8, 4) is 34.2 Å². The van der Waals surface area contributed by atoms with Gasteiger partial charge in [-0.2, -0.15) is 0 Å². The number of anilines is 3. The molecule has 0 fully saturated rings. The van der Waals surface area contributed by atoms with E-state index in [9.17, 15) is 0 Å². The van der Waals surface area contributed by atoms with Gasteiger partial charge >= 0.3 is 0 Å². The third-order valence-corrected chi connectivity index (χ3v) is 11.3. The molecule has 0 saturated carbocycles. The number of para-hydroxylation sites is 1. The number of aromatic nitrogens is 3. The molecule has 0 aliphatic carbocycles. The number of hydrogen-bond donors (Lipinski definition) is 0. The molecule has 0 bridgehead atoms. The Morgan fingerprint density at radius 1 is 0.339 bits per heavy atom. The molecule has 59 heavy (non-hydrogen) atoms. The average molecular weight is 757 g/mol. The van der Waals surface area contributed by atoms with Crippen LogP contribution in [0.25, 0.3) is 99.6 Å². The maximum Gasteiger partial charge on any atom is 0.164 e. The number of furan rings is 2. The van der Waals surface area contributed by atoms with Crippen molar-refractivity contribution in [1.29, 1.82) is 0 Å². The molecule has 3 aromatic heterocycles. The second kappa shape index (κ2) is 13.3. The molecular formula is C53H32N4O2. The number of fused-ring (bicyclic) bond motifs is 8. The highest BCUT2D eigenvalue weighted by Crippen LogP contribution is 2.44. The lowest BCUT2D eigenvalue weighted by molar-refractivity contribution is 0.669. The molecule has 0 spiro atoms. The monoisotopic (exact) mass is 756 g/mol. The maximum atomic E-state index is 6.75. The quantitative estimate of drug-likeness (QED) is 0.168. The lowest BCUT2D eigenvalue weighted by atomic mass is 10.0. The topological polar surface area (TPSA) is 68.2 Å². The van der Waals surface area contributed by atoms with Gasteiger partial charge in [0.05, 0.1) is 5.69 Å². The first kappa shape index (κ1) is 33.1. The fraction of sp³-hybridized carbons (Fsp3) is 0. The van der Waals surface area contributed by atoms with Gasteiger partial charge in [-0.05, 0) is 58.6 Å². The van der Waals surface area contributed by atoms with Crippen molar-refractivity contribution in [3.63, 3.8) is 0 Å². The van der Waals surface area contributed by atoms with E-state index in [2.05, 4.69) is 144 Å². The standard InChI is InChI=1S/C53H32N4O2/c1-2-15-35(16-3-1)51-54-52(42-22-10-17-33-13-4-6-19-38(33)42)56-53(55-51)44-23-12-26-47-50(44)43-30-28-37(32-49(43)59-47)57(45-24-11-18-34-14-5-7-20-39(34)45)36-27-29-41-40-21-8-9-25-46(40)58-48(41)31-36/h1-32H. The predicted octanol–water partition coefficient (Wildman–Crippen LogP) is 14.4. The van der Waals surface area contributed by atoms with Crippen molar-refractivity contribution in [1.82, 2.24) is 15.0 Å². The van der Waals surface area contributed by atoms with Gasteiger partial charge in [0.15, 0.2) is 17.5 Å². The zero-order chi connectivity index (χ0) is 38.9. The summed E-state index contributed by atoms with van der Waals surface area (Å²) in [5.41, 5.74) is 8.93. The van der Waals surface area contributed by atoms with Crippen LogP contribution in [-0.4, -0.2) is 15.0 Å². The molecular weight excluding hydrogens is 725 g/mol. The van der Waals surface area contributed by atoms with Crippen LogP contribution >= 0.6 is 0 Å². The minimum Gasteiger partial charge on any atom is -0.456 e. The van der Waals surface area contributed by atoms with E-state index in [1.54, 1.807) is 0 Å². The van der Waals surface area contributed by atoms with Gasteiger partial charge in [0.1, 0.15) is 22.3 Å². The van der Waals surface area contributed by atoms with Crippen LogP contribution in [0.1, 0.15) is 0 Å². The predicted molar refractivity (Wildman–Crippen MR) is 240 cm³/mol. The Balaban J connectivity index is 1.05. The van der Waals surface area contributed by atoms with E-state index in [0.29, 0.717) is 17.5 Å². The minimum atomic E-state index is 0.579. The largest absolute Gasteiger partial charge is 0.456 e. The molecule has 6 heteroatoms. The molecule has 0 aliphatic heterocycles.